The number of aliphatic imine (C=N–C) groups is 1. The Kier molecular flexibility index (Phi) is 7.81. The number of nitrogens with one attached hydrogen (secondary N) is 2. The van der Waals surface area contributed by atoms with Crippen LogP contribution < -0.4 is 10.6 Å². The quantitative estimate of drug-likeness (QED) is 0.535. The van der Waals surface area contributed by atoms with E-state index < -0.39 is 0 Å². The van der Waals surface area contributed by atoms with Crippen molar-refractivity contribution in [3.8, 4) is 0 Å². The summed E-state index contributed by atoms with van der Waals surface area (Å²) in [5, 5.41) is 7.04. The molecular formula is C24H37N5O2. The van der Waals surface area contributed by atoms with Gasteiger partial charge in [-0.25, -0.2) is 0 Å². The first-order valence-corrected chi connectivity index (χ1v) is 11.9. The van der Waals surface area contributed by atoms with Gasteiger partial charge in [-0.05, 0) is 24.8 Å². The van der Waals surface area contributed by atoms with E-state index in [1.54, 1.807) is 7.05 Å². The Bertz CT molecular complexity index is 729. The summed E-state index contributed by atoms with van der Waals surface area (Å²) < 4.78 is 5.43. The molecule has 1 amide bonds. The van der Waals surface area contributed by atoms with Crippen molar-refractivity contribution >= 4 is 11.9 Å². The molecule has 0 spiro atoms. The summed E-state index contributed by atoms with van der Waals surface area (Å²) in [6.45, 7) is 5.33. The second kappa shape index (κ2) is 11.0. The van der Waals surface area contributed by atoms with Gasteiger partial charge in [-0.15, -0.1) is 0 Å². The Labute approximate surface area is 186 Å². The van der Waals surface area contributed by atoms with Crippen molar-refractivity contribution in [2.45, 2.75) is 50.1 Å². The summed E-state index contributed by atoms with van der Waals surface area (Å²) in [7, 11) is 1.81. The molecule has 31 heavy (non-hydrogen) atoms. The van der Waals surface area contributed by atoms with E-state index in [0.29, 0.717) is 38.9 Å². The maximum Gasteiger partial charge on any atom is 0.232 e. The molecule has 0 radical (unpaired) electrons. The third-order valence-electron chi connectivity index (χ3n) is 6.92. The van der Waals surface area contributed by atoms with Crippen LogP contribution in [-0.2, 0) is 9.53 Å². The lowest BCUT2D eigenvalue weighted by molar-refractivity contribution is -0.136. The summed E-state index contributed by atoms with van der Waals surface area (Å²) in [4.78, 5) is 22.3. The fourth-order valence-electron chi connectivity index (χ4n) is 5.13. The first-order chi connectivity index (χ1) is 15.2. The van der Waals surface area contributed by atoms with E-state index >= 15 is 0 Å². The Morgan fingerprint density at radius 1 is 1.13 bits per heavy atom. The number of nitrogens with zero attached hydrogens (tertiary/aromatic N) is 3. The van der Waals surface area contributed by atoms with Crippen molar-refractivity contribution in [3.05, 3.63) is 35.9 Å². The van der Waals surface area contributed by atoms with Gasteiger partial charge in [0.15, 0.2) is 5.96 Å². The molecule has 2 atom stereocenters. The number of ether oxygens (including phenoxy) is 1. The van der Waals surface area contributed by atoms with E-state index in [-0.39, 0.29) is 11.8 Å². The van der Waals surface area contributed by atoms with E-state index in [9.17, 15) is 4.79 Å². The van der Waals surface area contributed by atoms with Gasteiger partial charge in [-0.3, -0.25) is 14.7 Å². The molecule has 7 heteroatoms. The van der Waals surface area contributed by atoms with Crippen LogP contribution in [0, 0.1) is 0 Å². The molecule has 7 nitrogen and oxygen atoms in total. The summed E-state index contributed by atoms with van der Waals surface area (Å²) in [5.74, 6) is 0.705. The fraction of sp³-hybridized carbons (Fsp3) is 0.667. The van der Waals surface area contributed by atoms with Gasteiger partial charge in [0.2, 0.25) is 5.91 Å². The standard InChI is InChI=1S/C24H37N5O2/c1-25-24(27-20-11-12-29(18-20)21-9-5-6-10-21)26-17-22(19-7-3-2-4-8-19)23(30)28-13-15-31-16-14-28/h2-4,7-8,20-22H,5-6,9-18H2,1H3,(H2,25,26,27). The van der Waals surface area contributed by atoms with Crippen LogP contribution >= 0.6 is 0 Å². The number of morpholine rings is 1. The first-order valence-electron chi connectivity index (χ1n) is 11.9. The molecule has 2 heterocycles. The predicted molar refractivity (Wildman–Crippen MR) is 123 cm³/mol. The van der Waals surface area contributed by atoms with Crippen molar-refractivity contribution in [1.82, 2.24) is 20.4 Å². The number of rotatable bonds is 6. The van der Waals surface area contributed by atoms with Crippen LogP contribution in [0.5, 0.6) is 0 Å². The second-order valence-electron chi connectivity index (χ2n) is 8.92. The average molecular weight is 428 g/mol. The molecule has 1 saturated carbocycles. The number of hydrogen-bond donors (Lipinski definition) is 2. The third-order valence-corrected chi connectivity index (χ3v) is 6.92. The second-order valence-corrected chi connectivity index (χ2v) is 8.92. The minimum absolute atomic E-state index is 0.158. The molecule has 1 aliphatic carbocycles. The monoisotopic (exact) mass is 427 g/mol. The number of guanidine groups is 1. The highest BCUT2D eigenvalue weighted by Gasteiger charge is 2.31. The Morgan fingerprint density at radius 3 is 2.58 bits per heavy atom. The smallest absolute Gasteiger partial charge is 0.232 e. The SMILES string of the molecule is CN=C(NCC(C(=O)N1CCOCC1)c1ccccc1)NC1CCN(C2CCCC2)C1. The van der Waals surface area contributed by atoms with Gasteiger partial charge in [0.25, 0.3) is 0 Å². The highest BCUT2D eigenvalue weighted by molar-refractivity contribution is 5.86. The number of carbonyl (C=O) groups excluding carboxylic acids is 1. The zero-order valence-electron chi connectivity index (χ0n) is 18.8. The summed E-state index contributed by atoms with van der Waals surface area (Å²) in [6, 6.07) is 11.3. The number of benzene rings is 1. The highest BCUT2D eigenvalue weighted by Crippen LogP contribution is 2.26. The van der Waals surface area contributed by atoms with Gasteiger partial charge >= 0.3 is 0 Å². The van der Waals surface area contributed by atoms with Crippen LogP contribution in [0.25, 0.3) is 0 Å². The van der Waals surface area contributed by atoms with Gasteiger partial charge < -0.3 is 20.3 Å². The van der Waals surface area contributed by atoms with Gasteiger partial charge in [-0.2, -0.15) is 0 Å². The van der Waals surface area contributed by atoms with Crippen LogP contribution in [0.15, 0.2) is 35.3 Å². The molecule has 1 aromatic rings. The van der Waals surface area contributed by atoms with Crippen molar-refractivity contribution in [2.24, 2.45) is 4.99 Å². The molecule has 2 saturated heterocycles. The normalized spacial score (nSPS) is 24.4. The zero-order chi connectivity index (χ0) is 21.5. The Morgan fingerprint density at radius 2 is 1.87 bits per heavy atom. The highest BCUT2D eigenvalue weighted by atomic mass is 16.5. The summed E-state index contributed by atoms with van der Waals surface area (Å²) >= 11 is 0. The molecular weight excluding hydrogens is 390 g/mol. The van der Waals surface area contributed by atoms with Crippen molar-refractivity contribution in [3.63, 3.8) is 0 Å². The van der Waals surface area contributed by atoms with E-state index in [1.165, 1.54) is 32.2 Å². The molecule has 2 unspecified atom stereocenters. The van der Waals surface area contributed by atoms with Gasteiger partial charge in [0, 0.05) is 51.9 Å². The lowest BCUT2D eigenvalue weighted by Gasteiger charge is -2.31. The largest absolute Gasteiger partial charge is 0.378 e. The number of hydrogen-bond acceptors (Lipinski definition) is 4. The molecule has 2 N–H and O–H groups in total. The van der Waals surface area contributed by atoms with Gasteiger partial charge in [-0.1, -0.05) is 43.2 Å². The minimum Gasteiger partial charge on any atom is -0.378 e. The van der Waals surface area contributed by atoms with Crippen molar-refractivity contribution in [2.75, 3.05) is 53.0 Å². The zero-order valence-corrected chi connectivity index (χ0v) is 18.8. The van der Waals surface area contributed by atoms with E-state index in [4.69, 9.17) is 4.74 Å². The van der Waals surface area contributed by atoms with Crippen molar-refractivity contribution in [1.29, 1.82) is 0 Å². The van der Waals surface area contributed by atoms with Crippen LogP contribution in [0.3, 0.4) is 0 Å². The molecule has 0 bridgehead atoms. The Balaban J connectivity index is 1.34. The van der Waals surface area contributed by atoms with Crippen LogP contribution in [0.2, 0.25) is 0 Å². The van der Waals surface area contributed by atoms with Crippen LogP contribution in [0.4, 0.5) is 0 Å². The average Bonchev–Trinajstić information content (AvgIpc) is 3.52. The molecule has 1 aromatic carbocycles. The maximum absolute atomic E-state index is 13.3. The Hall–Kier alpha value is -2.12. The molecule has 170 valence electrons. The predicted octanol–water partition coefficient (Wildman–Crippen LogP) is 1.81. The fourth-order valence-corrected chi connectivity index (χ4v) is 5.13. The molecule has 3 fully saturated rings. The number of likely N-dealkylation sites (tertiary alicyclic amines) is 1. The summed E-state index contributed by atoms with van der Waals surface area (Å²) in [6.07, 6.45) is 6.59. The van der Waals surface area contributed by atoms with E-state index in [1.807, 2.05) is 35.2 Å². The number of carbonyl (C=O) groups is 1. The molecule has 0 aromatic heterocycles. The van der Waals surface area contributed by atoms with Gasteiger partial charge in [0.1, 0.15) is 0 Å². The van der Waals surface area contributed by atoms with Crippen molar-refractivity contribution < 1.29 is 9.53 Å². The molecule has 2 aliphatic heterocycles. The number of amides is 1. The first kappa shape index (κ1) is 22.1. The lowest BCUT2D eigenvalue weighted by atomic mass is 9.97. The van der Waals surface area contributed by atoms with E-state index in [2.05, 4.69) is 20.5 Å². The lowest BCUT2D eigenvalue weighted by Crippen LogP contribution is -2.49. The van der Waals surface area contributed by atoms with E-state index in [0.717, 1.165) is 30.5 Å². The van der Waals surface area contributed by atoms with Crippen LogP contribution in [-0.4, -0.2) is 86.7 Å². The van der Waals surface area contributed by atoms with Crippen LogP contribution in [0.1, 0.15) is 43.6 Å². The minimum atomic E-state index is -0.239. The topological polar surface area (TPSA) is 69.2 Å². The third kappa shape index (κ3) is 5.77. The maximum atomic E-state index is 13.3. The molecule has 4 rings (SSSR count). The van der Waals surface area contributed by atoms with Gasteiger partial charge in [0.05, 0.1) is 19.1 Å². The molecule has 3 aliphatic rings. The summed E-state index contributed by atoms with van der Waals surface area (Å²) in [5.41, 5.74) is 1.04.